The number of rotatable bonds is 3. The van der Waals surface area contributed by atoms with E-state index in [1.807, 2.05) is 6.92 Å². The second kappa shape index (κ2) is 3.62. The van der Waals surface area contributed by atoms with E-state index in [0.29, 0.717) is 11.5 Å². The Balaban J connectivity index is 2.14. The van der Waals surface area contributed by atoms with Gasteiger partial charge < -0.3 is 19.9 Å². The van der Waals surface area contributed by atoms with Gasteiger partial charge in [-0.2, -0.15) is 0 Å². The average Bonchev–Trinajstić information content (AvgIpc) is 2.18. The Morgan fingerprint density at radius 2 is 2.13 bits per heavy atom. The standard InChI is InChI=1S/C11H15NO3/c1-11(6-12-7-11)15-8-3-4-9(13)10(5-8)14-2/h3-5,12-13H,6-7H2,1-2H3. The second-order valence-corrected chi connectivity index (χ2v) is 3.99. The Kier molecular flexibility index (Phi) is 2.44. The Labute approximate surface area is 88.8 Å². The van der Waals surface area contributed by atoms with E-state index >= 15 is 0 Å². The maximum atomic E-state index is 9.41. The average molecular weight is 209 g/mol. The normalized spacial score (nSPS) is 18.0. The van der Waals surface area contributed by atoms with Gasteiger partial charge in [0, 0.05) is 19.2 Å². The van der Waals surface area contributed by atoms with E-state index in [-0.39, 0.29) is 11.4 Å². The van der Waals surface area contributed by atoms with E-state index < -0.39 is 0 Å². The Morgan fingerprint density at radius 1 is 1.40 bits per heavy atom. The Morgan fingerprint density at radius 3 is 2.67 bits per heavy atom. The summed E-state index contributed by atoms with van der Waals surface area (Å²) in [7, 11) is 1.52. The van der Waals surface area contributed by atoms with Crippen LogP contribution in [0.25, 0.3) is 0 Å². The minimum Gasteiger partial charge on any atom is -0.504 e. The van der Waals surface area contributed by atoms with Crippen LogP contribution < -0.4 is 14.8 Å². The molecule has 1 heterocycles. The van der Waals surface area contributed by atoms with Crippen LogP contribution in [-0.4, -0.2) is 30.9 Å². The maximum Gasteiger partial charge on any atom is 0.164 e. The van der Waals surface area contributed by atoms with E-state index in [2.05, 4.69) is 5.32 Å². The molecular formula is C11H15NO3. The largest absolute Gasteiger partial charge is 0.504 e. The minimum absolute atomic E-state index is 0.127. The van der Waals surface area contributed by atoms with Crippen molar-refractivity contribution >= 4 is 0 Å². The molecule has 82 valence electrons. The molecule has 4 nitrogen and oxygen atoms in total. The number of phenolic OH excluding ortho intramolecular Hbond substituents is 1. The topological polar surface area (TPSA) is 50.7 Å². The van der Waals surface area contributed by atoms with Crippen LogP contribution in [-0.2, 0) is 0 Å². The molecule has 1 fully saturated rings. The first kappa shape index (κ1) is 10.1. The summed E-state index contributed by atoms with van der Waals surface area (Å²) in [6.07, 6.45) is 0. The lowest BCUT2D eigenvalue weighted by Crippen LogP contribution is -2.60. The van der Waals surface area contributed by atoms with Crippen molar-refractivity contribution in [2.24, 2.45) is 0 Å². The van der Waals surface area contributed by atoms with Crippen molar-refractivity contribution in [3.63, 3.8) is 0 Å². The van der Waals surface area contributed by atoms with Gasteiger partial charge >= 0.3 is 0 Å². The number of benzene rings is 1. The van der Waals surface area contributed by atoms with Crippen LogP contribution in [0, 0.1) is 0 Å². The van der Waals surface area contributed by atoms with Crippen molar-refractivity contribution in [3.8, 4) is 17.2 Å². The molecule has 1 aliphatic rings. The lowest BCUT2D eigenvalue weighted by atomic mass is 10.00. The lowest BCUT2D eigenvalue weighted by molar-refractivity contribution is 0.0346. The van der Waals surface area contributed by atoms with Gasteiger partial charge in [0.05, 0.1) is 7.11 Å². The first-order valence-corrected chi connectivity index (χ1v) is 4.90. The zero-order valence-corrected chi connectivity index (χ0v) is 8.91. The number of ether oxygens (including phenoxy) is 2. The van der Waals surface area contributed by atoms with Crippen LogP contribution >= 0.6 is 0 Å². The molecule has 0 unspecified atom stereocenters. The third-order valence-corrected chi connectivity index (χ3v) is 2.51. The summed E-state index contributed by atoms with van der Waals surface area (Å²) in [5.41, 5.74) is -0.137. The fourth-order valence-corrected chi connectivity index (χ4v) is 1.56. The van der Waals surface area contributed by atoms with Crippen LogP contribution in [0.15, 0.2) is 18.2 Å². The SMILES string of the molecule is COc1cc(OC2(C)CNC2)ccc1O. The molecule has 0 aromatic heterocycles. The molecule has 1 saturated heterocycles. The number of aromatic hydroxyl groups is 1. The zero-order valence-electron chi connectivity index (χ0n) is 8.91. The first-order chi connectivity index (χ1) is 7.13. The third-order valence-electron chi connectivity index (χ3n) is 2.51. The van der Waals surface area contributed by atoms with Crippen LogP contribution in [0.2, 0.25) is 0 Å². The summed E-state index contributed by atoms with van der Waals surface area (Å²) in [4.78, 5) is 0. The van der Waals surface area contributed by atoms with Gasteiger partial charge in [-0.25, -0.2) is 0 Å². The Bertz CT molecular complexity index is 361. The molecule has 2 N–H and O–H groups in total. The quantitative estimate of drug-likeness (QED) is 0.783. The molecule has 0 radical (unpaired) electrons. The molecule has 2 rings (SSSR count). The van der Waals surface area contributed by atoms with E-state index in [9.17, 15) is 5.11 Å². The van der Waals surface area contributed by atoms with Gasteiger partial charge in [-0.15, -0.1) is 0 Å². The van der Waals surface area contributed by atoms with E-state index in [1.165, 1.54) is 7.11 Å². The number of methoxy groups -OCH3 is 1. The van der Waals surface area contributed by atoms with Crippen LogP contribution in [0.5, 0.6) is 17.2 Å². The highest BCUT2D eigenvalue weighted by Gasteiger charge is 2.33. The van der Waals surface area contributed by atoms with Crippen LogP contribution in [0.1, 0.15) is 6.92 Å². The molecule has 0 atom stereocenters. The Hall–Kier alpha value is -1.42. The summed E-state index contributed by atoms with van der Waals surface area (Å²) in [5, 5.41) is 12.6. The van der Waals surface area contributed by atoms with E-state index in [4.69, 9.17) is 9.47 Å². The van der Waals surface area contributed by atoms with Gasteiger partial charge in [-0.05, 0) is 19.1 Å². The van der Waals surface area contributed by atoms with E-state index in [0.717, 1.165) is 13.1 Å². The fraction of sp³-hybridized carbons (Fsp3) is 0.455. The molecule has 0 saturated carbocycles. The van der Waals surface area contributed by atoms with Crippen molar-refractivity contribution in [3.05, 3.63) is 18.2 Å². The smallest absolute Gasteiger partial charge is 0.164 e. The van der Waals surface area contributed by atoms with Gasteiger partial charge in [0.25, 0.3) is 0 Å². The highest BCUT2D eigenvalue weighted by Crippen LogP contribution is 2.32. The van der Waals surface area contributed by atoms with Crippen molar-refractivity contribution in [2.75, 3.05) is 20.2 Å². The predicted octanol–water partition coefficient (Wildman–Crippen LogP) is 1.14. The summed E-state index contributed by atoms with van der Waals surface area (Å²) in [6.45, 7) is 3.73. The van der Waals surface area contributed by atoms with Crippen molar-refractivity contribution in [2.45, 2.75) is 12.5 Å². The molecule has 1 aromatic carbocycles. The first-order valence-electron chi connectivity index (χ1n) is 4.90. The predicted molar refractivity (Wildman–Crippen MR) is 56.6 cm³/mol. The number of hydrogen-bond acceptors (Lipinski definition) is 4. The molecule has 0 amide bonds. The monoisotopic (exact) mass is 209 g/mol. The van der Waals surface area contributed by atoms with Crippen molar-refractivity contribution in [1.82, 2.24) is 5.32 Å². The van der Waals surface area contributed by atoms with Crippen molar-refractivity contribution < 1.29 is 14.6 Å². The van der Waals surface area contributed by atoms with Crippen LogP contribution in [0.4, 0.5) is 0 Å². The molecule has 1 aliphatic heterocycles. The van der Waals surface area contributed by atoms with Gasteiger partial charge in [0.15, 0.2) is 11.5 Å². The zero-order chi connectivity index (χ0) is 10.9. The van der Waals surface area contributed by atoms with Crippen LogP contribution in [0.3, 0.4) is 0 Å². The summed E-state index contributed by atoms with van der Waals surface area (Å²) in [6, 6.07) is 5.00. The molecule has 0 bridgehead atoms. The number of nitrogens with one attached hydrogen (secondary N) is 1. The molecule has 0 aliphatic carbocycles. The van der Waals surface area contributed by atoms with Gasteiger partial charge in [-0.3, -0.25) is 0 Å². The molecule has 0 spiro atoms. The number of hydrogen-bond donors (Lipinski definition) is 2. The number of phenols is 1. The highest BCUT2D eigenvalue weighted by molar-refractivity contribution is 5.44. The summed E-state index contributed by atoms with van der Waals surface area (Å²) >= 11 is 0. The molecule has 4 heteroatoms. The summed E-state index contributed by atoms with van der Waals surface area (Å²) < 4.78 is 10.8. The fourth-order valence-electron chi connectivity index (χ4n) is 1.56. The lowest BCUT2D eigenvalue weighted by Gasteiger charge is -2.39. The van der Waals surface area contributed by atoms with E-state index in [1.54, 1.807) is 18.2 Å². The minimum atomic E-state index is -0.137. The maximum absolute atomic E-state index is 9.41. The van der Waals surface area contributed by atoms with Gasteiger partial charge in [-0.1, -0.05) is 0 Å². The third kappa shape index (κ3) is 1.99. The highest BCUT2D eigenvalue weighted by atomic mass is 16.5. The van der Waals surface area contributed by atoms with Crippen molar-refractivity contribution in [1.29, 1.82) is 0 Å². The molecule has 1 aromatic rings. The molecule has 15 heavy (non-hydrogen) atoms. The molecular weight excluding hydrogens is 194 g/mol. The summed E-state index contributed by atoms with van der Waals surface area (Å²) in [5.74, 6) is 1.28. The van der Waals surface area contributed by atoms with Gasteiger partial charge in [0.2, 0.25) is 0 Å². The van der Waals surface area contributed by atoms with Gasteiger partial charge in [0.1, 0.15) is 11.4 Å². The second-order valence-electron chi connectivity index (χ2n) is 3.99.